The molecule has 25 heavy (non-hydrogen) atoms. The van der Waals surface area contributed by atoms with Gasteiger partial charge in [-0.3, -0.25) is 9.69 Å². The van der Waals surface area contributed by atoms with Crippen LogP contribution in [0.3, 0.4) is 0 Å². The highest BCUT2D eigenvalue weighted by atomic mass is 35.5. The molecule has 3 rings (SSSR count). The molecule has 0 bridgehead atoms. The van der Waals surface area contributed by atoms with Crippen LogP contribution >= 0.6 is 11.6 Å². The lowest BCUT2D eigenvalue weighted by atomic mass is 10.1. The van der Waals surface area contributed by atoms with E-state index in [-0.39, 0.29) is 12.0 Å². The molecule has 1 aromatic heterocycles. The molecule has 0 saturated carbocycles. The molecule has 1 N–H and O–H groups in total. The normalized spacial score (nSPS) is 16.1. The quantitative estimate of drug-likeness (QED) is 0.888. The van der Waals surface area contributed by atoms with Gasteiger partial charge in [-0.05, 0) is 49.2 Å². The van der Waals surface area contributed by atoms with Crippen molar-refractivity contribution in [3.63, 3.8) is 0 Å². The minimum absolute atomic E-state index is 0.0563. The van der Waals surface area contributed by atoms with Crippen LogP contribution < -0.4 is 0 Å². The van der Waals surface area contributed by atoms with Crippen molar-refractivity contribution in [3.05, 3.63) is 47.2 Å². The summed E-state index contributed by atoms with van der Waals surface area (Å²) in [6, 6.07) is 11.3. The molecule has 1 aromatic carbocycles. The third kappa shape index (κ3) is 4.84. The van der Waals surface area contributed by atoms with Gasteiger partial charge < -0.3 is 14.4 Å². The number of likely N-dealkylation sites (tertiary alicyclic amines) is 1. The topological polar surface area (TPSA) is 56.9 Å². The zero-order valence-electron chi connectivity index (χ0n) is 14.3. The molecule has 2 aromatic rings. The van der Waals surface area contributed by atoms with E-state index in [4.69, 9.17) is 16.0 Å². The fraction of sp³-hybridized carbons (Fsp3) is 0.421. The summed E-state index contributed by atoms with van der Waals surface area (Å²) in [6.45, 7) is 2.35. The van der Waals surface area contributed by atoms with Crippen molar-refractivity contribution >= 4 is 17.5 Å². The number of aliphatic hydroxyl groups is 1. The summed E-state index contributed by atoms with van der Waals surface area (Å²) in [7, 11) is 1.78. The van der Waals surface area contributed by atoms with Crippen LogP contribution in [0.1, 0.15) is 18.6 Å². The predicted octanol–water partition coefficient (Wildman–Crippen LogP) is 3.02. The zero-order valence-corrected chi connectivity index (χ0v) is 15.1. The van der Waals surface area contributed by atoms with Crippen LogP contribution in [0.25, 0.3) is 11.3 Å². The van der Waals surface area contributed by atoms with Gasteiger partial charge in [0.05, 0.1) is 19.2 Å². The molecule has 5 nitrogen and oxygen atoms in total. The fourth-order valence-electron chi connectivity index (χ4n) is 2.94. The molecule has 0 aliphatic carbocycles. The number of aliphatic hydroxyl groups excluding tert-OH is 1. The van der Waals surface area contributed by atoms with Gasteiger partial charge >= 0.3 is 0 Å². The van der Waals surface area contributed by atoms with Gasteiger partial charge in [0.2, 0.25) is 5.91 Å². The van der Waals surface area contributed by atoms with Gasteiger partial charge in [-0.2, -0.15) is 0 Å². The van der Waals surface area contributed by atoms with Gasteiger partial charge in [0, 0.05) is 30.7 Å². The Hall–Kier alpha value is -1.82. The van der Waals surface area contributed by atoms with Crippen LogP contribution in [-0.4, -0.2) is 53.6 Å². The number of nitrogens with zero attached hydrogens (tertiary/aromatic N) is 2. The fourth-order valence-corrected chi connectivity index (χ4v) is 3.07. The van der Waals surface area contributed by atoms with E-state index in [9.17, 15) is 9.90 Å². The van der Waals surface area contributed by atoms with E-state index < -0.39 is 0 Å². The molecule has 1 amide bonds. The van der Waals surface area contributed by atoms with Crippen molar-refractivity contribution in [3.8, 4) is 11.3 Å². The number of likely N-dealkylation sites (N-methyl/N-ethyl adjacent to an activating group) is 1. The number of furan rings is 1. The van der Waals surface area contributed by atoms with Crippen molar-refractivity contribution in [2.45, 2.75) is 25.5 Å². The van der Waals surface area contributed by atoms with E-state index in [2.05, 4.69) is 4.90 Å². The first-order valence-electron chi connectivity index (χ1n) is 8.50. The van der Waals surface area contributed by atoms with E-state index >= 15 is 0 Å². The monoisotopic (exact) mass is 362 g/mol. The third-order valence-electron chi connectivity index (χ3n) is 4.53. The molecule has 6 heteroatoms. The van der Waals surface area contributed by atoms with Crippen LogP contribution in [0.4, 0.5) is 0 Å². The summed E-state index contributed by atoms with van der Waals surface area (Å²) < 4.78 is 5.85. The highest BCUT2D eigenvalue weighted by molar-refractivity contribution is 6.30. The second-order valence-corrected chi connectivity index (χ2v) is 6.97. The lowest BCUT2D eigenvalue weighted by molar-refractivity contribution is -0.132. The first-order valence-corrected chi connectivity index (χ1v) is 8.88. The van der Waals surface area contributed by atoms with Crippen molar-refractivity contribution in [1.29, 1.82) is 0 Å². The number of benzene rings is 1. The van der Waals surface area contributed by atoms with E-state index in [1.165, 1.54) is 0 Å². The summed E-state index contributed by atoms with van der Waals surface area (Å²) in [5, 5.41) is 10.2. The molecule has 1 aliphatic heterocycles. The summed E-state index contributed by atoms with van der Waals surface area (Å²) in [5.74, 6) is 1.56. The highest BCUT2D eigenvalue weighted by Crippen LogP contribution is 2.24. The maximum atomic E-state index is 12.4. The van der Waals surface area contributed by atoms with Gasteiger partial charge in [0.1, 0.15) is 11.5 Å². The van der Waals surface area contributed by atoms with Gasteiger partial charge in [-0.1, -0.05) is 11.6 Å². The summed E-state index contributed by atoms with van der Waals surface area (Å²) in [4.78, 5) is 16.1. The lowest BCUT2D eigenvalue weighted by Gasteiger charge is -2.30. The molecular weight excluding hydrogens is 340 g/mol. The van der Waals surface area contributed by atoms with Crippen molar-refractivity contribution in [1.82, 2.24) is 9.80 Å². The molecule has 2 heterocycles. The highest BCUT2D eigenvalue weighted by Gasteiger charge is 2.21. The van der Waals surface area contributed by atoms with Gasteiger partial charge in [0.25, 0.3) is 0 Å². The maximum Gasteiger partial charge on any atom is 0.236 e. The summed E-state index contributed by atoms with van der Waals surface area (Å²) in [6.07, 6.45) is 1.25. The van der Waals surface area contributed by atoms with Gasteiger partial charge in [0.15, 0.2) is 0 Å². The van der Waals surface area contributed by atoms with Crippen molar-refractivity contribution in [2.75, 3.05) is 26.7 Å². The predicted molar refractivity (Wildman–Crippen MR) is 97.3 cm³/mol. The minimum atomic E-state index is -0.224. The van der Waals surface area contributed by atoms with Crippen molar-refractivity contribution < 1.29 is 14.3 Å². The SMILES string of the molecule is CN(Cc1ccc(-c2ccc(Cl)cc2)o1)C(=O)CN1CCC(O)CC1. The van der Waals surface area contributed by atoms with E-state index in [0.717, 1.165) is 43.0 Å². The molecule has 0 atom stereocenters. The Morgan fingerprint density at radius 3 is 2.60 bits per heavy atom. The average Bonchev–Trinajstić information content (AvgIpc) is 3.06. The van der Waals surface area contributed by atoms with Gasteiger partial charge in [-0.25, -0.2) is 0 Å². The second-order valence-electron chi connectivity index (χ2n) is 6.53. The Bertz CT molecular complexity index is 706. The number of halogens is 1. The number of carbonyl (C=O) groups excluding carboxylic acids is 1. The molecule has 1 fully saturated rings. The van der Waals surface area contributed by atoms with Crippen LogP contribution in [0.5, 0.6) is 0 Å². The van der Waals surface area contributed by atoms with Crippen LogP contribution in [0.2, 0.25) is 5.02 Å². The van der Waals surface area contributed by atoms with Crippen molar-refractivity contribution in [2.24, 2.45) is 0 Å². The number of hydrogen-bond donors (Lipinski definition) is 1. The third-order valence-corrected chi connectivity index (χ3v) is 4.78. The molecule has 1 saturated heterocycles. The molecule has 0 radical (unpaired) electrons. The Labute approximate surface area is 152 Å². The van der Waals surface area contributed by atoms with E-state index in [1.54, 1.807) is 11.9 Å². The summed E-state index contributed by atoms with van der Waals surface area (Å²) in [5.41, 5.74) is 0.955. The number of amides is 1. The molecule has 0 spiro atoms. The van der Waals surface area contributed by atoms with Crippen LogP contribution in [-0.2, 0) is 11.3 Å². The number of hydrogen-bond acceptors (Lipinski definition) is 4. The average molecular weight is 363 g/mol. The van der Waals surface area contributed by atoms with Crippen LogP contribution in [0.15, 0.2) is 40.8 Å². The number of piperidine rings is 1. The molecule has 0 unspecified atom stereocenters. The molecular formula is C19H23ClN2O3. The molecule has 134 valence electrons. The minimum Gasteiger partial charge on any atom is -0.459 e. The first kappa shape index (κ1) is 18.0. The van der Waals surface area contributed by atoms with E-state index in [1.807, 2.05) is 36.4 Å². The number of rotatable bonds is 5. The Balaban J connectivity index is 1.55. The first-order chi connectivity index (χ1) is 12.0. The van der Waals surface area contributed by atoms with Gasteiger partial charge in [-0.15, -0.1) is 0 Å². The Kier molecular flexibility index (Phi) is 5.78. The molecule has 1 aliphatic rings. The number of carbonyl (C=O) groups is 1. The Morgan fingerprint density at radius 2 is 1.92 bits per heavy atom. The maximum absolute atomic E-state index is 12.4. The standard InChI is InChI=1S/C19H23ClN2O3/c1-21(19(24)13-22-10-8-16(23)9-11-22)12-17-6-7-18(25-17)14-2-4-15(20)5-3-14/h2-7,16,23H,8-13H2,1H3. The van der Waals surface area contributed by atoms with Crippen LogP contribution in [0, 0.1) is 0 Å². The zero-order chi connectivity index (χ0) is 17.8. The largest absolute Gasteiger partial charge is 0.459 e. The van der Waals surface area contributed by atoms with E-state index in [0.29, 0.717) is 18.1 Å². The summed E-state index contributed by atoms with van der Waals surface area (Å²) >= 11 is 5.90. The lowest BCUT2D eigenvalue weighted by Crippen LogP contribution is -2.42. The Morgan fingerprint density at radius 1 is 1.24 bits per heavy atom. The smallest absolute Gasteiger partial charge is 0.236 e. The second kappa shape index (κ2) is 8.04.